The number of hydrogen-bond acceptors (Lipinski definition) is 5. The van der Waals surface area contributed by atoms with Gasteiger partial charge in [0.2, 0.25) is 5.76 Å². The third-order valence-corrected chi connectivity index (χ3v) is 3.40. The maximum atomic E-state index is 12.8. The van der Waals surface area contributed by atoms with E-state index < -0.39 is 35.8 Å². The molecule has 1 aromatic carbocycles. The summed E-state index contributed by atoms with van der Waals surface area (Å²) in [6.07, 6.45) is -5.81. The van der Waals surface area contributed by atoms with Crippen LogP contribution >= 0.6 is 0 Å². The third-order valence-electron chi connectivity index (χ3n) is 3.40. The van der Waals surface area contributed by atoms with E-state index in [0.29, 0.717) is 0 Å². The minimum atomic E-state index is -4.52. The lowest BCUT2D eigenvalue weighted by molar-refractivity contribution is -0.137. The van der Waals surface area contributed by atoms with E-state index in [4.69, 9.17) is 9.15 Å². The Morgan fingerprint density at radius 3 is 2.48 bits per heavy atom. The van der Waals surface area contributed by atoms with E-state index in [0.717, 1.165) is 12.1 Å². The number of furan rings is 1. The number of alkyl halides is 3. The van der Waals surface area contributed by atoms with Gasteiger partial charge in [0.1, 0.15) is 5.76 Å². The molecule has 27 heavy (non-hydrogen) atoms. The second-order valence-electron chi connectivity index (χ2n) is 5.36. The highest BCUT2D eigenvalue weighted by Gasteiger charge is 2.30. The van der Waals surface area contributed by atoms with Crippen LogP contribution in [0, 0.1) is 0 Å². The normalized spacial score (nSPS) is 12.2. The molecular weight excluding hydrogens is 369 g/mol. The van der Waals surface area contributed by atoms with Crippen LogP contribution in [0.5, 0.6) is 0 Å². The summed E-state index contributed by atoms with van der Waals surface area (Å²) in [7, 11) is 1.30. The first-order valence-electron chi connectivity index (χ1n) is 7.63. The molecule has 7 nitrogen and oxygen atoms in total. The predicted octanol–water partition coefficient (Wildman–Crippen LogP) is 2.97. The first kappa shape index (κ1) is 20.0. The van der Waals surface area contributed by atoms with Crippen molar-refractivity contribution in [1.82, 2.24) is 10.6 Å². The average Bonchev–Trinajstić information content (AvgIpc) is 3.11. The minimum absolute atomic E-state index is 0.0236. The van der Waals surface area contributed by atoms with Crippen LogP contribution in [0.3, 0.4) is 0 Å². The van der Waals surface area contributed by atoms with Crippen molar-refractivity contribution < 1.29 is 36.7 Å². The van der Waals surface area contributed by atoms with E-state index in [-0.39, 0.29) is 17.1 Å². The largest absolute Gasteiger partial charge is 0.449 e. The fourth-order valence-corrected chi connectivity index (χ4v) is 2.00. The molecule has 0 spiro atoms. The summed E-state index contributed by atoms with van der Waals surface area (Å²) in [5.74, 6) is -2.14. The number of carbonyl (C=O) groups excluding carboxylic acids is 3. The summed E-state index contributed by atoms with van der Waals surface area (Å²) in [6.45, 7) is 1.24. The van der Waals surface area contributed by atoms with Crippen LogP contribution in [0.1, 0.15) is 23.0 Å². The molecule has 1 aromatic heterocycles. The topological polar surface area (TPSA) is 97.6 Å². The molecule has 0 saturated heterocycles. The van der Waals surface area contributed by atoms with Gasteiger partial charge in [0.15, 0.2) is 6.10 Å². The Morgan fingerprint density at radius 1 is 1.15 bits per heavy atom. The van der Waals surface area contributed by atoms with Gasteiger partial charge in [-0.2, -0.15) is 13.2 Å². The summed E-state index contributed by atoms with van der Waals surface area (Å²) in [4.78, 5) is 34.7. The number of imide groups is 1. The van der Waals surface area contributed by atoms with E-state index in [1.165, 1.54) is 38.2 Å². The lowest BCUT2D eigenvalue weighted by Crippen LogP contribution is -2.43. The van der Waals surface area contributed by atoms with Gasteiger partial charge in [0.25, 0.3) is 5.91 Å². The highest BCUT2D eigenvalue weighted by Crippen LogP contribution is 2.32. The molecule has 1 heterocycles. The molecule has 0 radical (unpaired) electrons. The first-order valence-corrected chi connectivity index (χ1v) is 7.63. The molecule has 3 amide bonds. The van der Waals surface area contributed by atoms with E-state index in [9.17, 15) is 27.6 Å². The van der Waals surface area contributed by atoms with Gasteiger partial charge in [0, 0.05) is 12.6 Å². The van der Waals surface area contributed by atoms with Crippen LogP contribution in [0.4, 0.5) is 18.0 Å². The molecule has 0 saturated carbocycles. The number of ether oxygens (including phenoxy) is 1. The zero-order valence-electron chi connectivity index (χ0n) is 14.2. The maximum Gasteiger partial charge on any atom is 0.416 e. The van der Waals surface area contributed by atoms with Crippen LogP contribution in [0.25, 0.3) is 11.3 Å². The molecule has 10 heteroatoms. The van der Waals surface area contributed by atoms with Gasteiger partial charge in [-0.15, -0.1) is 0 Å². The van der Waals surface area contributed by atoms with Crippen molar-refractivity contribution >= 4 is 17.9 Å². The SMILES string of the molecule is CNC(=O)NC(=O)[C@H](C)OC(=O)c1ccc(-c2cccc(C(F)(F)F)c2)o1. The Labute approximate surface area is 151 Å². The molecule has 0 aliphatic rings. The van der Waals surface area contributed by atoms with Gasteiger partial charge in [-0.1, -0.05) is 12.1 Å². The number of carbonyl (C=O) groups is 3. The molecule has 0 aliphatic carbocycles. The second-order valence-corrected chi connectivity index (χ2v) is 5.36. The fraction of sp³-hybridized carbons (Fsp3) is 0.235. The van der Waals surface area contributed by atoms with Crippen LogP contribution in [0.15, 0.2) is 40.8 Å². The molecule has 2 N–H and O–H groups in total. The van der Waals surface area contributed by atoms with Gasteiger partial charge in [-0.05, 0) is 31.2 Å². The number of esters is 1. The van der Waals surface area contributed by atoms with E-state index in [1.807, 2.05) is 5.32 Å². The molecule has 144 valence electrons. The molecule has 1 atom stereocenters. The monoisotopic (exact) mass is 384 g/mol. The Bertz CT molecular complexity index is 860. The maximum absolute atomic E-state index is 12.8. The highest BCUT2D eigenvalue weighted by molar-refractivity contribution is 5.98. The molecule has 0 aliphatic heterocycles. The number of amides is 3. The fourth-order valence-electron chi connectivity index (χ4n) is 2.00. The van der Waals surface area contributed by atoms with Crippen molar-refractivity contribution in [3.8, 4) is 11.3 Å². The number of halogens is 3. The minimum Gasteiger partial charge on any atom is -0.449 e. The summed E-state index contributed by atoms with van der Waals surface area (Å²) >= 11 is 0. The Kier molecular flexibility index (Phi) is 5.88. The van der Waals surface area contributed by atoms with Crippen molar-refractivity contribution in [3.05, 3.63) is 47.7 Å². The van der Waals surface area contributed by atoms with E-state index in [1.54, 1.807) is 0 Å². The zero-order valence-corrected chi connectivity index (χ0v) is 14.2. The van der Waals surface area contributed by atoms with Crippen LogP contribution < -0.4 is 10.6 Å². The molecule has 2 rings (SSSR count). The average molecular weight is 384 g/mol. The summed E-state index contributed by atoms with van der Waals surface area (Å²) in [5.41, 5.74) is -0.741. The lowest BCUT2D eigenvalue weighted by atomic mass is 10.1. The zero-order chi connectivity index (χ0) is 20.2. The van der Waals surface area contributed by atoms with Crippen LogP contribution in [0.2, 0.25) is 0 Å². The Hall–Kier alpha value is -3.30. The molecule has 0 fully saturated rings. The van der Waals surface area contributed by atoms with Crippen molar-refractivity contribution in [2.45, 2.75) is 19.2 Å². The standard InChI is InChI=1S/C17H15F3N2O5/c1-9(14(23)22-16(25)21-2)26-15(24)13-7-6-12(27-13)10-4-3-5-11(8-10)17(18,19)20/h3-9H,1-2H3,(H2,21,22,23,25)/t9-/m0/s1. The van der Waals surface area contributed by atoms with E-state index >= 15 is 0 Å². The molecule has 0 bridgehead atoms. The van der Waals surface area contributed by atoms with Crippen molar-refractivity contribution in [2.75, 3.05) is 7.05 Å². The van der Waals surface area contributed by atoms with Gasteiger partial charge < -0.3 is 14.5 Å². The molecule has 2 aromatic rings. The Balaban J connectivity index is 2.10. The van der Waals surface area contributed by atoms with Crippen LogP contribution in [-0.4, -0.2) is 31.1 Å². The molecular formula is C17H15F3N2O5. The number of urea groups is 1. The van der Waals surface area contributed by atoms with Crippen molar-refractivity contribution in [3.63, 3.8) is 0 Å². The lowest BCUT2D eigenvalue weighted by Gasteiger charge is -2.11. The number of rotatable bonds is 4. The smallest absolute Gasteiger partial charge is 0.416 e. The quantitative estimate of drug-likeness (QED) is 0.790. The van der Waals surface area contributed by atoms with Gasteiger partial charge in [-0.25, -0.2) is 9.59 Å². The van der Waals surface area contributed by atoms with Crippen LogP contribution in [-0.2, 0) is 15.7 Å². The summed E-state index contributed by atoms with van der Waals surface area (Å²) in [6, 6.07) is 6.14. The number of nitrogens with one attached hydrogen (secondary N) is 2. The number of benzene rings is 1. The Morgan fingerprint density at radius 2 is 1.85 bits per heavy atom. The van der Waals surface area contributed by atoms with Crippen molar-refractivity contribution in [2.24, 2.45) is 0 Å². The number of hydrogen-bond donors (Lipinski definition) is 2. The van der Waals surface area contributed by atoms with Gasteiger partial charge in [0.05, 0.1) is 5.56 Å². The summed E-state index contributed by atoms with van der Waals surface area (Å²) in [5, 5.41) is 4.10. The highest BCUT2D eigenvalue weighted by atomic mass is 19.4. The predicted molar refractivity (Wildman–Crippen MR) is 86.6 cm³/mol. The second kappa shape index (κ2) is 7.94. The van der Waals surface area contributed by atoms with Gasteiger partial charge >= 0.3 is 18.2 Å². The first-order chi connectivity index (χ1) is 12.6. The molecule has 0 unspecified atom stereocenters. The third kappa shape index (κ3) is 5.09. The summed E-state index contributed by atoms with van der Waals surface area (Å²) < 4.78 is 48.4. The van der Waals surface area contributed by atoms with Crippen molar-refractivity contribution in [1.29, 1.82) is 0 Å². The van der Waals surface area contributed by atoms with Gasteiger partial charge in [-0.3, -0.25) is 10.1 Å². The van der Waals surface area contributed by atoms with E-state index in [2.05, 4.69) is 5.32 Å².